The second-order valence-electron chi connectivity index (χ2n) is 4.79. The van der Waals surface area contributed by atoms with Crippen LogP contribution in [0.5, 0.6) is 0 Å². The van der Waals surface area contributed by atoms with Gasteiger partial charge in [-0.05, 0) is 20.8 Å². The van der Waals surface area contributed by atoms with Crippen LogP contribution >= 0.6 is 0 Å². The zero-order valence-electron chi connectivity index (χ0n) is 9.74. The Morgan fingerprint density at radius 1 is 1.19 bits per heavy atom. The molecule has 16 heavy (non-hydrogen) atoms. The highest BCUT2D eigenvalue weighted by Gasteiger charge is 2.31. The molecule has 2 atom stereocenters. The Labute approximate surface area is 94.3 Å². The Morgan fingerprint density at radius 3 is 2.06 bits per heavy atom. The van der Waals surface area contributed by atoms with Gasteiger partial charge in [-0.1, -0.05) is 0 Å². The van der Waals surface area contributed by atoms with Crippen molar-refractivity contribution in [3.05, 3.63) is 0 Å². The lowest BCUT2D eigenvalue weighted by Crippen LogP contribution is -2.60. The van der Waals surface area contributed by atoms with Crippen LogP contribution < -0.4 is 10.6 Å². The van der Waals surface area contributed by atoms with Gasteiger partial charge in [0.1, 0.15) is 17.7 Å². The van der Waals surface area contributed by atoms with E-state index >= 15 is 0 Å². The Kier molecular flexibility index (Phi) is 3.88. The van der Waals surface area contributed by atoms with Crippen LogP contribution in [0.4, 0.5) is 0 Å². The van der Waals surface area contributed by atoms with E-state index in [1.807, 2.05) is 0 Å². The Balaban J connectivity index is 2.42. The molecule has 0 spiro atoms. The topological polar surface area (TPSA) is 87.7 Å². The van der Waals surface area contributed by atoms with E-state index in [-0.39, 0.29) is 19.1 Å². The molecule has 1 aliphatic rings. The summed E-state index contributed by atoms with van der Waals surface area (Å²) in [5.41, 5.74) is -0.525. The summed E-state index contributed by atoms with van der Waals surface area (Å²) >= 11 is 0. The standard InChI is InChI=1S/C10H18N2O4/c1-10(2,3)16-9(15)7-5-11-6(4-12-7)8(13)14/h6-7,11-12H,4-5H2,1-3H3,(H,13,14). The molecule has 1 rings (SSSR count). The van der Waals surface area contributed by atoms with Crippen molar-refractivity contribution in [3.63, 3.8) is 0 Å². The summed E-state index contributed by atoms with van der Waals surface area (Å²) in [4.78, 5) is 22.3. The zero-order chi connectivity index (χ0) is 12.3. The van der Waals surface area contributed by atoms with E-state index in [4.69, 9.17) is 9.84 Å². The van der Waals surface area contributed by atoms with Crippen LogP contribution in [0, 0.1) is 0 Å². The number of hydrogen-bond donors (Lipinski definition) is 3. The lowest BCUT2D eigenvalue weighted by molar-refractivity contribution is -0.158. The second kappa shape index (κ2) is 4.80. The second-order valence-corrected chi connectivity index (χ2v) is 4.79. The van der Waals surface area contributed by atoms with Gasteiger partial charge in [0.25, 0.3) is 0 Å². The zero-order valence-corrected chi connectivity index (χ0v) is 9.74. The first-order valence-electron chi connectivity index (χ1n) is 5.22. The predicted molar refractivity (Wildman–Crippen MR) is 57.1 cm³/mol. The molecule has 0 radical (unpaired) electrons. The first-order chi connectivity index (χ1) is 7.29. The van der Waals surface area contributed by atoms with Crippen LogP contribution in [-0.2, 0) is 14.3 Å². The van der Waals surface area contributed by atoms with Gasteiger partial charge in [0.2, 0.25) is 0 Å². The van der Waals surface area contributed by atoms with Crippen molar-refractivity contribution in [1.29, 1.82) is 0 Å². The fourth-order valence-electron chi connectivity index (χ4n) is 1.38. The third-order valence-corrected chi connectivity index (χ3v) is 2.13. The van der Waals surface area contributed by atoms with Crippen LogP contribution in [0.3, 0.4) is 0 Å². The van der Waals surface area contributed by atoms with Gasteiger partial charge < -0.3 is 20.5 Å². The van der Waals surface area contributed by atoms with E-state index in [1.54, 1.807) is 20.8 Å². The third kappa shape index (κ3) is 3.79. The molecule has 0 aromatic carbocycles. The molecule has 0 aromatic heterocycles. The summed E-state index contributed by atoms with van der Waals surface area (Å²) in [6, 6.07) is -1.12. The monoisotopic (exact) mass is 230 g/mol. The smallest absolute Gasteiger partial charge is 0.324 e. The van der Waals surface area contributed by atoms with Gasteiger partial charge >= 0.3 is 11.9 Å². The average molecular weight is 230 g/mol. The summed E-state index contributed by atoms with van der Waals surface area (Å²) < 4.78 is 5.18. The van der Waals surface area contributed by atoms with E-state index in [9.17, 15) is 9.59 Å². The van der Waals surface area contributed by atoms with Gasteiger partial charge in [0, 0.05) is 13.1 Å². The average Bonchev–Trinajstić information content (AvgIpc) is 2.15. The van der Waals surface area contributed by atoms with Crippen LogP contribution in [0.2, 0.25) is 0 Å². The summed E-state index contributed by atoms with van der Waals surface area (Å²) in [5, 5.41) is 14.4. The molecule has 0 saturated carbocycles. The Bertz CT molecular complexity index is 277. The minimum atomic E-state index is -0.921. The van der Waals surface area contributed by atoms with Crippen molar-refractivity contribution in [2.75, 3.05) is 13.1 Å². The molecular formula is C10H18N2O4. The molecule has 0 aliphatic carbocycles. The van der Waals surface area contributed by atoms with Crippen molar-refractivity contribution in [2.24, 2.45) is 0 Å². The van der Waals surface area contributed by atoms with Gasteiger partial charge in [0.15, 0.2) is 0 Å². The van der Waals surface area contributed by atoms with Crippen LogP contribution in [0.15, 0.2) is 0 Å². The van der Waals surface area contributed by atoms with Crippen molar-refractivity contribution in [2.45, 2.75) is 38.5 Å². The maximum Gasteiger partial charge on any atom is 0.324 e. The van der Waals surface area contributed by atoms with Gasteiger partial charge in [-0.2, -0.15) is 0 Å². The molecule has 2 unspecified atom stereocenters. The molecular weight excluding hydrogens is 212 g/mol. The molecule has 1 heterocycles. The van der Waals surface area contributed by atoms with Gasteiger partial charge in [-0.3, -0.25) is 9.59 Å². The maximum atomic E-state index is 11.6. The number of rotatable bonds is 2. The van der Waals surface area contributed by atoms with E-state index < -0.39 is 23.7 Å². The van der Waals surface area contributed by atoms with E-state index in [2.05, 4.69) is 10.6 Å². The molecule has 1 aliphatic heterocycles. The van der Waals surface area contributed by atoms with Crippen molar-refractivity contribution < 1.29 is 19.4 Å². The highest BCUT2D eigenvalue weighted by molar-refractivity contribution is 5.78. The highest BCUT2D eigenvalue weighted by Crippen LogP contribution is 2.09. The first-order valence-corrected chi connectivity index (χ1v) is 5.22. The van der Waals surface area contributed by atoms with Crippen LogP contribution in [0.1, 0.15) is 20.8 Å². The number of aliphatic carboxylic acids is 1. The number of esters is 1. The number of carboxylic acids is 1. The molecule has 92 valence electrons. The summed E-state index contributed by atoms with van der Waals surface area (Å²) in [5.74, 6) is -1.28. The van der Waals surface area contributed by atoms with Gasteiger partial charge in [-0.15, -0.1) is 0 Å². The fourth-order valence-corrected chi connectivity index (χ4v) is 1.38. The molecule has 1 saturated heterocycles. The van der Waals surface area contributed by atoms with Crippen molar-refractivity contribution in [1.82, 2.24) is 10.6 Å². The van der Waals surface area contributed by atoms with Gasteiger partial charge in [-0.25, -0.2) is 0 Å². The van der Waals surface area contributed by atoms with Gasteiger partial charge in [0.05, 0.1) is 0 Å². The van der Waals surface area contributed by atoms with Crippen molar-refractivity contribution in [3.8, 4) is 0 Å². The number of nitrogens with one attached hydrogen (secondary N) is 2. The summed E-state index contributed by atoms with van der Waals surface area (Å²) in [7, 11) is 0. The van der Waals surface area contributed by atoms with Crippen LogP contribution in [-0.4, -0.2) is 47.8 Å². The molecule has 0 aromatic rings. The highest BCUT2D eigenvalue weighted by atomic mass is 16.6. The SMILES string of the molecule is CC(C)(C)OC(=O)C1CNC(C(=O)O)CN1. The molecule has 0 amide bonds. The molecule has 0 bridgehead atoms. The number of carbonyl (C=O) groups is 2. The normalized spacial score (nSPS) is 26.2. The number of hydrogen-bond acceptors (Lipinski definition) is 5. The van der Waals surface area contributed by atoms with E-state index in [1.165, 1.54) is 0 Å². The Morgan fingerprint density at radius 2 is 1.69 bits per heavy atom. The largest absolute Gasteiger partial charge is 0.480 e. The molecule has 6 heteroatoms. The Hall–Kier alpha value is -1.14. The lowest BCUT2D eigenvalue weighted by atomic mass is 10.1. The maximum absolute atomic E-state index is 11.6. The molecule has 1 fully saturated rings. The predicted octanol–water partition coefficient (Wildman–Crippen LogP) is -0.657. The van der Waals surface area contributed by atoms with Crippen LogP contribution in [0.25, 0.3) is 0 Å². The third-order valence-electron chi connectivity index (χ3n) is 2.13. The molecule has 6 nitrogen and oxygen atoms in total. The molecule has 3 N–H and O–H groups in total. The number of carboxylic acid groups (broad SMARTS) is 1. The number of carbonyl (C=O) groups excluding carboxylic acids is 1. The number of ether oxygens (including phenoxy) is 1. The lowest BCUT2D eigenvalue weighted by Gasteiger charge is -2.30. The van der Waals surface area contributed by atoms with Crippen molar-refractivity contribution >= 4 is 11.9 Å². The van der Waals surface area contributed by atoms with E-state index in [0.717, 1.165) is 0 Å². The fraction of sp³-hybridized carbons (Fsp3) is 0.800. The quantitative estimate of drug-likeness (QED) is 0.546. The minimum absolute atomic E-state index is 0.221. The number of piperazine rings is 1. The van der Waals surface area contributed by atoms with E-state index in [0.29, 0.717) is 0 Å². The first kappa shape index (κ1) is 12.9. The summed E-state index contributed by atoms with van der Waals surface area (Å²) in [6.45, 7) is 5.87. The summed E-state index contributed by atoms with van der Waals surface area (Å²) in [6.07, 6.45) is 0. The minimum Gasteiger partial charge on any atom is -0.480 e.